The minimum atomic E-state index is -2.89. The second kappa shape index (κ2) is 6.89. The van der Waals surface area contributed by atoms with Crippen LogP contribution in [0.15, 0.2) is 35.1 Å². The average molecular weight is 444 g/mol. The number of primary amides is 1. The minimum absolute atomic E-state index is 0.0245. The highest BCUT2D eigenvalue weighted by atomic mass is 16.4. The predicted molar refractivity (Wildman–Crippen MR) is 110 cm³/mol. The summed E-state index contributed by atoms with van der Waals surface area (Å²) >= 11 is 0. The van der Waals surface area contributed by atoms with Gasteiger partial charge in [0.05, 0.1) is 23.6 Å². The fourth-order valence-electron chi connectivity index (χ4n) is 5.58. The van der Waals surface area contributed by atoms with Crippen molar-refractivity contribution in [2.45, 2.75) is 30.6 Å². The van der Waals surface area contributed by atoms with Gasteiger partial charge >= 0.3 is 0 Å². The van der Waals surface area contributed by atoms with Gasteiger partial charge in [-0.2, -0.15) is 0 Å². The first-order valence-electron chi connectivity index (χ1n) is 10.0. The monoisotopic (exact) mass is 444 g/mol. The fraction of sp³-hybridized carbons (Fsp3) is 0.409. The number of aliphatic hydroxyl groups is 4. The van der Waals surface area contributed by atoms with Gasteiger partial charge < -0.3 is 31.3 Å². The zero-order valence-electron chi connectivity index (χ0n) is 17.6. The maximum Gasteiger partial charge on any atom is 0.255 e. The summed E-state index contributed by atoms with van der Waals surface area (Å²) in [5.74, 6) is -8.87. The van der Waals surface area contributed by atoms with Crippen LogP contribution >= 0.6 is 0 Å². The standard InChI is InChI=1S/C22H24N2O8/c1-7-8-5-4-6-9(25)11(8)16(26)12-10(7)17(27)14-15(24(2)3)18(28)13(21(23)31)20(30)22(14,32)19(12)29/h4-7,10,14-15,17,25-27,30,32H,1-3H3,(H2,23,31)/t7-,10+,14-,15+,17-,22-/m1/s1. The summed E-state index contributed by atoms with van der Waals surface area (Å²) in [6, 6.07) is 3.13. The number of fused-ring (bicyclic) bond motifs is 3. The lowest BCUT2D eigenvalue weighted by Gasteiger charge is -2.53. The lowest BCUT2D eigenvalue weighted by atomic mass is 9.54. The minimum Gasteiger partial charge on any atom is -0.508 e. The van der Waals surface area contributed by atoms with E-state index in [1.807, 2.05) is 0 Å². The van der Waals surface area contributed by atoms with E-state index in [9.17, 15) is 39.9 Å². The number of phenolic OH excluding ortho intramolecular Hbond substituents is 1. The Labute approximate surface area is 182 Å². The normalized spacial score (nSPS) is 34.4. The molecule has 170 valence electrons. The summed E-state index contributed by atoms with van der Waals surface area (Å²) in [4.78, 5) is 40.0. The van der Waals surface area contributed by atoms with Gasteiger partial charge in [0.15, 0.2) is 11.4 Å². The Kier molecular flexibility index (Phi) is 4.74. The van der Waals surface area contributed by atoms with E-state index in [0.29, 0.717) is 5.56 Å². The number of ketones is 2. The molecule has 0 aliphatic heterocycles. The number of hydrogen-bond acceptors (Lipinski definition) is 9. The maximum atomic E-state index is 13.7. The van der Waals surface area contributed by atoms with Gasteiger partial charge in [-0.05, 0) is 31.6 Å². The number of aliphatic hydroxyl groups excluding tert-OH is 3. The summed E-state index contributed by atoms with van der Waals surface area (Å²) in [5, 5.41) is 54.9. The van der Waals surface area contributed by atoms with E-state index in [1.54, 1.807) is 19.1 Å². The van der Waals surface area contributed by atoms with E-state index in [0.717, 1.165) is 0 Å². The highest BCUT2D eigenvalue weighted by molar-refractivity contribution is 6.24. The van der Waals surface area contributed by atoms with Crippen LogP contribution in [-0.2, 0) is 14.4 Å². The molecule has 0 saturated heterocycles. The van der Waals surface area contributed by atoms with Crippen LogP contribution in [0.1, 0.15) is 24.0 Å². The molecule has 1 aromatic rings. The van der Waals surface area contributed by atoms with Gasteiger partial charge in [-0.25, -0.2) is 0 Å². The van der Waals surface area contributed by atoms with Crippen LogP contribution in [0.3, 0.4) is 0 Å². The van der Waals surface area contributed by atoms with Gasteiger partial charge in [0, 0.05) is 11.5 Å². The molecule has 10 nitrogen and oxygen atoms in total. The van der Waals surface area contributed by atoms with Crippen LogP contribution in [0.5, 0.6) is 5.75 Å². The number of phenols is 1. The van der Waals surface area contributed by atoms with E-state index in [4.69, 9.17) is 5.73 Å². The van der Waals surface area contributed by atoms with Gasteiger partial charge in [0.25, 0.3) is 5.91 Å². The molecule has 6 atom stereocenters. The molecule has 1 aromatic carbocycles. The number of carbonyl (C=O) groups excluding carboxylic acids is 3. The second-order valence-electron chi connectivity index (χ2n) is 8.79. The first-order valence-corrected chi connectivity index (χ1v) is 10.0. The lowest BCUT2D eigenvalue weighted by molar-refractivity contribution is -0.169. The molecule has 32 heavy (non-hydrogen) atoms. The number of hydrogen-bond donors (Lipinski definition) is 6. The molecule has 0 unspecified atom stereocenters. The van der Waals surface area contributed by atoms with Gasteiger partial charge in [-0.1, -0.05) is 19.1 Å². The zero-order valence-corrected chi connectivity index (χ0v) is 17.6. The van der Waals surface area contributed by atoms with Crippen molar-refractivity contribution in [3.05, 3.63) is 46.2 Å². The van der Waals surface area contributed by atoms with Gasteiger partial charge in [-0.15, -0.1) is 0 Å². The van der Waals surface area contributed by atoms with Crippen molar-refractivity contribution in [3.8, 4) is 5.75 Å². The third-order valence-electron chi connectivity index (χ3n) is 6.99. The Balaban J connectivity index is 2.07. The third kappa shape index (κ3) is 2.48. The van der Waals surface area contributed by atoms with Crippen molar-refractivity contribution in [1.82, 2.24) is 4.90 Å². The zero-order chi connectivity index (χ0) is 23.9. The Bertz CT molecular complexity index is 1140. The smallest absolute Gasteiger partial charge is 0.255 e. The fourth-order valence-corrected chi connectivity index (χ4v) is 5.58. The van der Waals surface area contributed by atoms with Crippen LogP contribution in [0.4, 0.5) is 0 Å². The predicted octanol–water partition coefficient (Wildman–Crippen LogP) is -0.504. The van der Waals surface area contributed by atoms with E-state index >= 15 is 0 Å². The number of Topliss-reactive ketones (excluding diaryl/α,β-unsaturated/α-hetero) is 2. The van der Waals surface area contributed by atoms with Crippen molar-refractivity contribution in [2.24, 2.45) is 17.6 Å². The average Bonchev–Trinajstić information content (AvgIpc) is 2.70. The number of rotatable bonds is 2. The van der Waals surface area contributed by atoms with E-state index in [1.165, 1.54) is 25.1 Å². The summed E-state index contributed by atoms with van der Waals surface area (Å²) in [6.07, 6.45) is -1.59. The highest BCUT2D eigenvalue weighted by Crippen LogP contribution is 2.55. The molecule has 0 radical (unpaired) electrons. The number of nitrogens with two attached hydrogens (primary N) is 1. The molecule has 0 spiro atoms. The molecule has 4 rings (SSSR count). The Morgan fingerprint density at radius 3 is 2.34 bits per heavy atom. The molecule has 0 bridgehead atoms. The number of carbonyl (C=O) groups is 3. The number of benzene rings is 1. The molecule has 0 heterocycles. The maximum absolute atomic E-state index is 13.7. The number of nitrogens with zero attached hydrogens (tertiary/aromatic N) is 1. The number of aromatic hydroxyl groups is 1. The molecular weight excluding hydrogens is 420 g/mol. The molecule has 0 aromatic heterocycles. The third-order valence-corrected chi connectivity index (χ3v) is 6.99. The molecule has 10 heteroatoms. The Morgan fingerprint density at radius 1 is 1.16 bits per heavy atom. The number of amides is 1. The van der Waals surface area contributed by atoms with E-state index in [2.05, 4.69) is 0 Å². The quantitative estimate of drug-likeness (QED) is 0.327. The first kappa shape index (κ1) is 22.0. The SMILES string of the molecule is C[C@@H]1c2cccc(O)c2C(O)=C2C(=O)[C@@]3(O)C(O)=C(C(N)=O)C(=O)[C@@H](N(C)C)[C@@H]3[C@H](O)[C@H]21. The van der Waals surface area contributed by atoms with Crippen molar-refractivity contribution in [2.75, 3.05) is 14.1 Å². The summed E-state index contributed by atoms with van der Waals surface area (Å²) in [7, 11) is 2.92. The van der Waals surface area contributed by atoms with Crippen LogP contribution in [0.2, 0.25) is 0 Å². The molecule has 3 aliphatic carbocycles. The highest BCUT2D eigenvalue weighted by Gasteiger charge is 2.68. The van der Waals surface area contributed by atoms with Gasteiger partial charge in [0.1, 0.15) is 22.8 Å². The molecule has 1 saturated carbocycles. The largest absolute Gasteiger partial charge is 0.508 e. The van der Waals surface area contributed by atoms with Crippen molar-refractivity contribution < 1.29 is 39.9 Å². The van der Waals surface area contributed by atoms with Gasteiger partial charge in [-0.3, -0.25) is 19.3 Å². The summed E-state index contributed by atoms with van der Waals surface area (Å²) in [5.41, 5.74) is 1.47. The number of likely N-dealkylation sites (N-methyl/N-ethyl adjacent to an activating group) is 1. The van der Waals surface area contributed by atoms with Crippen LogP contribution < -0.4 is 5.73 Å². The molecular formula is C22H24N2O8. The molecule has 1 fully saturated rings. The Morgan fingerprint density at radius 2 is 1.78 bits per heavy atom. The Hall–Kier alpha value is -3.21. The first-order chi connectivity index (χ1) is 14.9. The molecule has 1 amide bonds. The lowest BCUT2D eigenvalue weighted by Crippen LogP contribution is -2.70. The van der Waals surface area contributed by atoms with Gasteiger partial charge in [0.2, 0.25) is 5.78 Å². The summed E-state index contributed by atoms with van der Waals surface area (Å²) < 4.78 is 0. The second-order valence-corrected chi connectivity index (χ2v) is 8.79. The van der Waals surface area contributed by atoms with Crippen LogP contribution in [0.25, 0.3) is 5.76 Å². The van der Waals surface area contributed by atoms with E-state index in [-0.39, 0.29) is 11.3 Å². The molecule has 7 N–H and O–H groups in total. The topological polar surface area (TPSA) is 182 Å². The molecule has 3 aliphatic rings. The van der Waals surface area contributed by atoms with Crippen LogP contribution in [-0.4, -0.2) is 79.7 Å². The van der Waals surface area contributed by atoms with Crippen molar-refractivity contribution in [1.29, 1.82) is 0 Å². The van der Waals surface area contributed by atoms with Crippen molar-refractivity contribution >= 4 is 23.2 Å². The van der Waals surface area contributed by atoms with E-state index < -0.39 is 75.6 Å². The van der Waals surface area contributed by atoms with Crippen LogP contribution in [0, 0.1) is 11.8 Å². The summed E-state index contributed by atoms with van der Waals surface area (Å²) in [6.45, 7) is 1.68. The van der Waals surface area contributed by atoms with Crippen molar-refractivity contribution in [3.63, 3.8) is 0 Å².